The summed E-state index contributed by atoms with van der Waals surface area (Å²) in [6, 6.07) is 4.87. The van der Waals surface area contributed by atoms with Crippen LogP contribution in [-0.2, 0) is 44.5 Å². The summed E-state index contributed by atoms with van der Waals surface area (Å²) in [7, 11) is 5.20. The number of methoxy groups -OCH3 is 1. The summed E-state index contributed by atoms with van der Waals surface area (Å²) < 4.78 is 31.0. The van der Waals surface area contributed by atoms with E-state index in [1.54, 1.807) is 59.0 Å². The average molecular weight is 709 g/mol. The smallest absolute Gasteiger partial charge is 0.312 e. The Labute approximate surface area is 297 Å². The van der Waals surface area contributed by atoms with E-state index in [4.69, 9.17) is 23.7 Å². The first-order valence-corrected chi connectivity index (χ1v) is 17.7. The summed E-state index contributed by atoms with van der Waals surface area (Å²) in [5, 5.41) is 34.4. The zero-order valence-electron chi connectivity index (χ0n) is 31.6. The SMILES string of the molecule is CC[C@H]1OC(=O)[C@H](C)[C@@H](OC(=O)Cc2ccccn2)[C@H](C)[C@@H](O[C@@H]2O[C@H](C)C[C@H](N(C)C)[C@H]2O)[C@@](C)(OC)C[C@@H](C)C(=O)[C@H](C)[C@@H](O)[C@]1(C)O. The van der Waals surface area contributed by atoms with Crippen molar-refractivity contribution in [3.8, 4) is 0 Å². The second-order valence-electron chi connectivity index (χ2n) is 15.0. The van der Waals surface area contributed by atoms with Crippen LogP contribution in [0.3, 0.4) is 0 Å². The maximum atomic E-state index is 14.0. The van der Waals surface area contributed by atoms with E-state index in [-0.39, 0.29) is 37.2 Å². The molecule has 2 saturated heterocycles. The maximum absolute atomic E-state index is 14.0. The molecular weight excluding hydrogens is 648 g/mol. The molecule has 2 aliphatic rings. The highest BCUT2D eigenvalue weighted by Crippen LogP contribution is 2.40. The van der Waals surface area contributed by atoms with Crippen LogP contribution in [0.5, 0.6) is 0 Å². The molecular formula is C37H60N2O11. The first-order valence-electron chi connectivity index (χ1n) is 17.7. The van der Waals surface area contributed by atoms with Crippen molar-refractivity contribution in [3.05, 3.63) is 30.1 Å². The summed E-state index contributed by atoms with van der Waals surface area (Å²) in [5.74, 6) is -5.43. The number of carbonyl (C=O) groups excluding carboxylic acids is 3. The first kappa shape index (κ1) is 41.9. The van der Waals surface area contributed by atoms with E-state index in [1.165, 1.54) is 21.0 Å². The Kier molecular flexibility index (Phi) is 14.5. The monoisotopic (exact) mass is 708 g/mol. The fourth-order valence-electron chi connectivity index (χ4n) is 7.63. The Morgan fingerprint density at radius 1 is 1.08 bits per heavy atom. The molecule has 0 amide bonds. The van der Waals surface area contributed by atoms with Crippen LogP contribution in [0.15, 0.2) is 24.4 Å². The summed E-state index contributed by atoms with van der Waals surface area (Å²) in [6.07, 6.45) is -5.29. The van der Waals surface area contributed by atoms with E-state index in [1.807, 2.05) is 25.9 Å². The van der Waals surface area contributed by atoms with E-state index >= 15 is 0 Å². The van der Waals surface area contributed by atoms with Crippen LogP contribution in [0.25, 0.3) is 0 Å². The number of Topliss-reactive ketones (excluding diaryl/α,β-unsaturated/α-hetero) is 1. The number of nitrogens with zero attached hydrogens (tertiary/aromatic N) is 2. The van der Waals surface area contributed by atoms with Gasteiger partial charge in [-0.3, -0.25) is 19.4 Å². The van der Waals surface area contributed by atoms with Gasteiger partial charge in [0.25, 0.3) is 0 Å². The molecule has 0 aromatic carbocycles. The Bertz CT molecular complexity index is 1280. The van der Waals surface area contributed by atoms with E-state index in [2.05, 4.69) is 4.98 Å². The molecule has 3 rings (SSSR count). The Morgan fingerprint density at radius 2 is 1.74 bits per heavy atom. The van der Waals surface area contributed by atoms with Gasteiger partial charge in [-0.25, -0.2) is 0 Å². The number of cyclic esters (lactones) is 1. The third-order valence-electron chi connectivity index (χ3n) is 10.8. The van der Waals surface area contributed by atoms with Crippen LogP contribution in [0.4, 0.5) is 0 Å². The van der Waals surface area contributed by atoms with Crippen LogP contribution >= 0.6 is 0 Å². The minimum absolute atomic E-state index is 0.0800. The Balaban J connectivity index is 2.18. The lowest BCUT2D eigenvalue weighted by Gasteiger charge is -2.48. The fraction of sp³-hybridized carbons (Fsp3) is 0.784. The van der Waals surface area contributed by atoms with Crippen molar-refractivity contribution < 1.29 is 53.4 Å². The minimum Gasteiger partial charge on any atom is -0.461 e. The van der Waals surface area contributed by atoms with E-state index in [0.29, 0.717) is 12.1 Å². The van der Waals surface area contributed by atoms with Gasteiger partial charge in [0.05, 0.1) is 41.9 Å². The van der Waals surface area contributed by atoms with Crippen LogP contribution in [0.1, 0.15) is 80.3 Å². The largest absolute Gasteiger partial charge is 0.461 e. The summed E-state index contributed by atoms with van der Waals surface area (Å²) in [6.45, 7) is 13.2. The molecule has 1 aromatic heterocycles. The van der Waals surface area contributed by atoms with E-state index in [0.717, 1.165) is 0 Å². The zero-order chi connectivity index (χ0) is 37.7. The predicted molar refractivity (Wildman–Crippen MR) is 184 cm³/mol. The van der Waals surface area contributed by atoms with Crippen molar-refractivity contribution >= 4 is 17.7 Å². The number of pyridine rings is 1. The number of esters is 2. The molecule has 3 heterocycles. The molecule has 13 heteroatoms. The number of hydrogen-bond donors (Lipinski definition) is 3. The van der Waals surface area contributed by atoms with Crippen molar-refractivity contribution in [2.75, 3.05) is 21.2 Å². The molecule has 284 valence electrons. The molecule has 1 aromatic rings. The fourth-order valence-corrected chi connectivity index (χ4v) is 7.63. The van der Waals surface area contributed by atoms with Crippen molar-refractivity contribution in [2.45, 2.75) is 141 Å². The zero-order valence-corrected chi connectivity index (χ0v) is 31.6. The second-order valence-corrected chi connectivity index (χ2v) is 15.0. The predicted octanol–water partition coefficient (Wildman–Crippen LogP) is 2.70. The highest BCUT2D eigenvalue weighted by atomic mass is 16.7. The number of likely N-dealkylation sites (N-methyl/N-ethyl adjacent to an activating group) is 1. The number of aliphatic hydroxyl groups is 3. The number of carbonyl (C=O) groups is 3. The standard InChI is InChI=1S/C37H60N2O11/c1-12-27-37(8,45)32(43)22(4)29(41)20(2)19-36(7,46-11)33(50-35-30(42)26(39(9)10)17-21(3)47-35)23(5)31(24(6)34(44)48-27)49-28(40)18-25-15-13-14-16-38-25/h13-16,20-24,26-27,30-33,35,42-43,45H,12,17-19H2,1-11H3/t20-,21-,22+,23+,24-,26+,27-,30-,31+,32-,33-,35+,36+,37-/m1/s1. The van der Waals surface area contributed by atoms with Gasteiger partial charge in [-0.1, -0.05) is 33.8 Å². The third-order valence-corrected chi connectivity index (χ3v) is 10.8. The number of aliphatic hydroxyl groups excluding tert-OH is 2. The highest BCUT2D eigenvalue weighted by molar-refractivity contribution is 5.83. The van der Waals surface area contributed by atoms with Gasteiger partial charge in [-0.05, 0) is 73.2 Å². The molecule has 0 saturated carbocycles. The molecule has 13 nitrogen and oxygen atoms in total. The van der Waals surface area contributed by atoms with Crippen LogP contribution in [-0.4, -0.2) is 124 Å². The number of hydrogen-bond acceptors (Lipinski definition) is 13. The van der Waals surface area contributed by atoms with Gasteiger partial charge in [-0.15, -0.1) is 0 Å². The Morgan fingerprint density at radius 3 is 2.30 bits per heavy atom. The van der Waals surface area contributed by atoms with Gasteiger partial charge >= 0.3 is 11.9 Å². The summed E-state index contributed by atoms with van der Waals surface area (Å²) >= 11 is 0. The quantitative estimate of drug-likeness (QED) is 0.337. The molecule has 0 aliphatic carbocycles. The third kappa shape index (κ3) is 9.47. The van der Waals surface area contributed by atoms with Crippen molar-refractivity contribution in [2.24, 2.45) is 23.7 Å². The molecule has 0 radical (unpaired) electrons. The van der Waals surface area contributed by atoms with Gasteiger partial charge in [0.15, 0.2) is 6.29 Å². The maximum Gasteiger partial charge on any atom is 0.312 e. The van der Waals surface area contributed by atoms with Crippen molar-refractivity contribution in [1.29, 1.82) is 0 Å². The molecule has 2 fully saturated rings. The summed E-state index contributed by atoms with van der Waals surface area (Å²) in [4.78, 5) is 47.5. The van der Waals surface area contributed by atoms with Crippen molar-refractivity contribution in [1.82, 2.24) is 9.88 Å². The lowest BCUT2D eigenvalue weighted by atomic mass is 9.74. The highest BCUT2D eigenvalue weighted by Gasteiger charge is 2.52. The molecule has 0 bridgehead atoms. The van der Waals surface area contributed by atoms with Gasteiger partial charge in [0.2, 0.25) is 0 Å². The van der Waals surface area contributed by atoms with Gasteiger partial charge < -0.3 is 43.9 Å². The average Bonchev–Trinajstić information content (AvgIpc) is 3.07. The molecule has 0 unspecified atom stereocenters. The van der Waals surface area contributed by atoms with Crippen LogP contribution in [0, 0.1) is 23.7 Å². The Hall–Kier alpha value is -2.52. The van der Waals surface area contributed by atoms with Crippen molar-refractivity contribution in [3.63, 3.8) is 0 Å². The van der Waals surface area contributed by atoms with Gasteiger partial charge in [-0.2, -0.15) is 0 Å². The van der Waals surface area contributed by atoms with E-state index < -0.39 is 83.6 Å². The lowest BCUT2D eigenvalue weighted by Crippen LogP contribution is -2.60. The lowest BCUT2D eigenvalue weighted by molar-refractivity contribution is -0.301. The number of ether oxygens (including phenoxy) is 5. The van der Waals surface area contributed by atoms with Crippen LogP contribution < -0.4 is 0 Å². The van der Waals surface area contributed by atoms with E-state index in [9.17, 15) is 29.7 Å². The molecule has 2 aliphatic heterocycles. The van der Waals surface area contributed by atoms with Crippen LogP contribution in [0.2, 0.25) is 0 Å². The number of ketones is 1. The summed E-state index contributed by atoms with van der Waals surface area (Å²) in [5.41, 5.74) is -2.80. The van der Waals surface area contributed by atoms with Gasteiger partial charge in [0.1, 0.15) is 29.7 Å². The normalized spacial score (nSPS) is 40.9. The number of aromatic nitrogens is 1. The first-order chi connectivity index (χ1) is 23.3. The molecule has 0 spiro atoms. The molecule has 3 N–H and O–H groups in total. The topological polar surface area (TPSA) is 174 Å². The second kappa shape index (κ2) is 17.3. The minimum atomic E-state index is -1.98. The number of rotatable bonds is 8. The van der Waals surface area contributed by atoms with Gasteiger partial charge in [0, 0.05) is 37.1 Å². The molecule has 50 heavy (non-hydrogen) atoms. The molecule has 14 atom stereocenters.